The van der Waals surface area contributed by atoms with Crippen LogP contribution in [0.15, 0.2) is 29.4 Å². The third kappa shape index (κ3) is 1.27. The van der Waals surface area contributed by atoms with Crippen molar-refractivity contribution in [3.8, 4) is 0 Å². The molecule has 0 bridgehead atoms. The van der Waals surface area contributed by atoms with E-state index < -0.39 is 0 Å². The normalized spacial score (nSPS) is 10.7. The Kier molecular flexibility index (Phi) is 2.39. The molecule has 0 atom stereocenters. The second kappa shape index (κ2) is 3.55. The Morgan fingerprint density at radius 2 is 2.43 bits per heavy atom. The fraction of sp³-hybridized carbons (Fsp3) is 0.100. The molecule has 14 heavy (non-hydrogen) atoms. The van der Waals surface area contributed by atoms with Gasteiger partial charge in [-0.05, 0) is 34.1 Å². The third-order valence-electron chi connectivity index (χ3n) is 2.06. The Labute approximate surface area is 89.8 Å². The Bertz CT molecular complexity index is 490. The minimum atomic E-state index is -0.0739. The SMILES string of the molecule is C=Cc1c(CO)nc2c(Br)cccn12. The van der Waals surface area contributed by atoms with Crippen LogP contribution in [0.2, 0.25) is 0 Å². The topological polar surface area (TPSA) is 37.5 Å². The summed E-state index contributed by atoms with van der Waals surface area (Å²) in [5, 5.41) is 9.10. The minimum Gasteiger partial charge on any atom is -0.390 e. The predicted molar refractivity (Wildman–Crippen MR) is 58.9 cm³/mol. The lowest BCUT2D eigenvalue weighted by Crippen LogP contribution is -1.89. The van der Waals surface area contributed by atoms with Crippen LogP contribution in [0, 0.1) is 0 Å². The van der Waals surface area contributed by atoms with Crippen molar-refractivity contribution in [2.75, 3.05) is 0 Å². The van der Waals surface area contributed by atoms with Gasteiger partial charge in [-0.1, -0.05) is 6.58 Å². The van der Waals surface area contributed by atoms with Gasteiger partial charge in [0.1, 0.15) is 0 Å². The van der Waals surface area contributed by atoms with E-state index in [0.29, 0.717) is 5.69 Å². The zero-order chi connectivity index (χ0) is 10.1. The van der Waals surface area contributed by atoms with E-state index >= 15 is 0 Å². The molecule has 0 aliphatic heterocycles. The van der Waals surface area contributed by atoms with Crippen molar-refractivity contribution >= 4 is 27.7 Å². The Morgan fingerprint density at radius 3 is 3.07 bits per heavy atom. The second-order valence-corrected chi connectivity index (χ2v) is 3.71. The van der Waals surface area contributed by atoms with Gasteiger partial charge in [0.2, 0.25) is 0 Å². The third-order valence-corrected chi connectivity index (χ3v) is 2.68. The molecule has 4 heteroatoms. The van der Waals surface area contributed by atoms with Crippen LogP contribution >= 0.6 is 15.9 Å². The quantitative estimate of drug-likeness (QED) is 0.891. The summed E-state index contributed by atoms with van der Waals surface area (Å²) >= 11 is 3.40. The van der Waals surface area contributed by atoms with E-state index in [-0.39, 0.29) is 6.61 Å². The zero-order valence-corrected chi connectivity index (χ0v) is 9.03. The van der Waals surface area contributed by atoms with Crippen molar-refractivity contribution < 1.29 is 5.11 Å². The van der Waals surface area contributed by atoms with Crippen molar-refractivity contribution in [2.24, 2.45) is 0 Å². The molecule has 0 unspecified atom stereocenters. The van der Waals surface area contributed by atoms with Crippen LogP contribution in [0.4, 0.5) is 0 Å². The van der Waals surface area contributed by atoms with Crippen LogP contribution in [0.25, 0.3) is 11.7 Å². The maximum atomic E-state index is 9.10. The number of rotatable bonds is 2. The molecular weight excluding hydrogens is 244 g/mol. The number of aliphatic hydroxyl groups excluding tert-OH is 1. The first kappa shape index (κ1) is 9.43. The standard InChI is InChI=1S/C10H9BrN2O/c1-2-9-8(6-14)12-10-7(11)4-3-5-13(9)10/h2-5,14H,1,6H2. The number of aliphatic hydroxyl groups is 1. The molecule has 0 radical (unpaired) electrons. The summed E-state index contributed by atoms with van der Waals surface area (Å²) in [5.41, 5.74) is 2.28. The lowest BCUT2D eigenvalue weighted by atomic mass is 10.3. The molecule has 0 aromatic carbocycles. The zero-order valence-electron chi connectivity index (χ0n) is 7.44. The van der Waals surface area contributed by atoms with Crippen LogP contribution in [-0.2, 0) is 6.61 Å². The van der Waals surface area contributed by atoms with Gasteiger partial charge in [0.25, 0.3) is 0 Å². The number of nitrogens with zero attached hydrogens (tertiary/aromatic N) is 2. The summed E-state index contributed by atoms with van der Waals surface area (Å²) < 4.78 is 2.80. The van der Waals surface area contributed by atoms with Gasteiger partial charge in [-0.15, -0.1) is 0 Å². The lowest BCUT2D eigenvalue weighted by Gasteiger charge is -1.97. The van der Waals surface area contributed by atoms with Crippen LogP contribution in [0.3, 0.4) is 0 Å². The largest absolute Gasteiger partial charge is 0.390 e. The first-order valence-electron chi connectivity index (χ1n) is 4.16. The van der Waals surface area contributed by atoms with Crippen LogP contribution < -0.4 is 0 Å². The molecule has 72 valence electrons. The lowest BCUT2D eigenvalue weighted by molar-refractivity contribution is 0.277. The number of halogens is 1. The molecular formula is C10H9BrN2O. The maximum absolute atomic E-state index is 9.10. The maximum Gasteiger partial charge on any atom is 0.151 e. The molecule has 0 fully saturated rings. The van der Waals surface area contributed by atoms with Gasteiger partial charge in [0, 0.05) is 6.20 Å². The van der Waals surface area contributed by atoms with Crippen LogP contribution in [0.1, 0.15) is 11.4 Å². The Morgan fingerprint density at radius 1 is 1.64 bits per heavy atom. The molecule has 3 nitrogen and oxygen atoms in total. The summed E-state index contributed by atoms with van der Waals surface area (Å²) in [6.07, 6.45) is 3.58. The molecule has 0 saturated heterocycles. The van der Waals surface area contributed by atoms with E-state index in [2.05, 4.69) is 27.5 Å². The predicted octanol–water partition coefficient (Wildman–Crippen LogP) is 2.23. The first-order valence-corrected chi connectivity index (χ1v) is 4.96. The highest BCUT2D eigenvalue weighted by Gasteiger charge is 2.09. The van der Waals surface area contributed by atoms with Gasteiger partial charge < -0.3 is 5.11 Å². The van der Waals surface area contributed by atoms with Gasteiger partial charge in [-0.3, -0.25) is 4.40 Å². The van der Waals surface area contributed by atoms with E-state index in [1.54, 1.807) is 6.08 Å². The number of imidazole rings is 1. The van der Waals surface area contributed by atoms with Crippen molar-refractivity contribution in [1.29, 1.82) is 0 Å². The number of hydrogen-bond acceptors (Lipinski definition) is 2. The van der Waals surface area contributed by atoms with Crippen molar-refractivity contribution in [3.63, 3.8) is 0 Å². The molecule has 0 aliphatic carbocycles. The highest BCUT2D eigenvalue weighted by Crippen LogP contribution is 2.21. The van der Waals surface area contributed by atoms with Gasteiger partial charge in [0.15, 0.2) is 5.65 Å². The Hall–Kier alpha value is -1.13. The van der Waals surface area contributed by atoms with Crippen LogP contribution in [-0.4, -0.2) is 14.5 Å². The van der Waals surface area contributed by atoms with Crippen molar-refractivity contribution in [3.05, 3.63) is 40.8 Å². The smallest absolute Gasteiger partial charge is 0.151 e. The number of pyridine rings is 1. The summed E-state index contributed by atoms with van der Waals surface area (Å²) in [7, 11) is 0. The highest BCUT2D eigenvalue weighted by molar-refractivity contribution is 9.10. The molecule has 2 aromatic heterocycles. The van der Waals surface area contributed by atoms with Gasteiger partial charge in [-0.25, -0.2) is 4.98 Å². The highest BCUT2D eigenvalue weighted by atomic mass is 79.9. The molecule has 2 heterocycles. The van der Waals surface area contributed by atoms with Crippen molar-refractivity contribution in [1.82, 2.24) is 9.38 Å². The summed E-state index contributed by atoms with van der Waals surface area (Å²) in [6, 6.07) is 3.82. The molecule has 2 rings (SSSR count). The van der Waals surface area contributed by atoms with E-state index in [1.807, 2.05) is 22.7 Å². The first-order chi connectivity index (χ1) is 6.77. The fourth-order valence-corrected chi connectivity index (χ4v) is 1.86. The average molecular weight is 253 g/mol. The molecule has 1 N–H and O–H groups in total. The molecule has 0 amide bonds. The monoisotopic (exact) mass is 252 g/mol. The number of aromatic nitrogens is 2. The van der Waals surface area contributed by atoms with Crippen LogP contribution in [0.5, 0.6) is 0 Å². The van der Waals surface area contributed by atoms with E-state index in [0.717, 1.165) is 15.8 Å². The molecule has 0 saturated carbocycles. The number of hydrogen-bond donors (Lipinski definition) is 1. The van der Waals surface area contributed by atoms with E-state index in [9.17, 15) is 0 Å². The molecule has 0 aliphatic rings. The summed E-state index contributed by atoms with van der Waals surface area (Å²) in [4.78, 5) is 4.30. The fourth-order valence-electron chi connectivity index (χ4n) is 1.43. The second-order valence-electron chi connectivity index (χ2n) is 2.86. The van der Waals surface area contributed by atoms with Gasteiger partial charge in [0.05, 0.1) is 22.5 Å². The molecule has 0 spiro atoms. The van der Waals surface area contributed by atoms with Gasteiger partial charge >= 0.3 is 0 Å². The van der Waals surface area contributed by atoms with E-state index in [4.69, 9.17) is 5.11 Å². The van der Waals surface area contributed by atoms with E-state index in [1.165, 1.54) is 0 Å². The average Bonchev–Trinajstić information content (AvgIpc) is 2.57. The Balaban J connectivity index is 2.86. The summed E-state index contributed by atoms with van der Waals surface area (Å²) in [6.45, 7) is 3.63. The van der Waals surface area contributed by atoms with Crippen molar-refractivity contribution in [2.45, 2.75) is 6.61 Å². The minimum absolute atomic E-state index is 0.0739. The molecule has 2 aromatic rings. The number of fused-ring (bicyclic) bond motifs is 1. The van der Waals surface area contributed by atoms with Gasteiger partial charge in [-0.2, -0.15) is 0 Å². The summed E-state index contributed by atoms with van der Waals surface area (Å²) in [5.74, 6) is 0.